The van der Waals surface area contributed by atoms with Gasteiger partial charge in [0.05, 0.1) is 0 Å². The summed E-state index contributed by atoms with van der Waals surface area (Å²) >= 11 is 8.35. The highest BCUT2D eigenvalue weighted by atomic mass is 32.2. The van der Waals surface area contributed by atoms with Gasteiger partial charge < -0.3 is 0 Å². The average Bonchev–Trinajstić information content (AvgIpc) is 2.03. The molecular formula is C8H11NS2. The summed E-state index contributed by atoms with van der Waals surface area (Å²) in [6.07, 6.45) is 5.64. The van der Waals surface area contributed by atoms with Crippen molar-refractivity contribution in [1.29, 1.82) is 0 Å². The maximum atomic E-state index is 4.18. The van der Waals surface area contributed by atoms with E-state index in [4.69, 9.17) is 0 Å². The molecule has 0 atom stereocenters. The van der Waals surface area contributed by atoms with E-state index in [9.17, 15) is 0 Å². The first-order valence-corrected chi connectivity index (χ1v) is 4.57. The van der Waals surface area contributed by atoms with Gasteiger partial charge in [-0.05, 0) is 30.5 Å². The molecule has 1 rings (SSSR count). The fourth-order valence-corrected chi connectivity index (χ4v) is 1.10. The van der Waals surface area contributed by atoms with E-state index in [1.54, 1.807) is 12.4 Å². The van der Waals surface area contributed by atoms with Crippen LogP contribution >= 0.6 is 25.3 Å². The monoisotopic (exact) mass is 185 g/mol. The average molecular weight is 185 g/mol. The van der Waals surface area contributed by atoms with E-state index in [0.29, 0.717) is 0 Å². The van der Waals surface area contributed by atoms with Crippen molar-refractivity contribution in [2.45, 2.75) is 17.4 Å². The molecule has 0 aliphatic heterocycles. The Morgan fingerprint density at radius 3 is 2.45 bits per heavy atom. The lowest BCUT2D eigenvalue weighted by Gasteiger charge is -2.01. The van der Waals surface area contributed by atoms with Crippen LogP contribution in [0.3, 0.4) is 0 Å². The fraction of sp³-hybridized carbons (Fsp3) is 0.375. The van der Waals surface area contributed by atoms with Crippen LogP contribution in [0.4, 0.5) is 0 Å². The van der Waals surface area contributed by atoms with E-state index < -0.39 is 0 Å². The zero-order chi connectivity index (χ0) is 8.10. The fourth-order valence-electron chi connectivity index (χ4n) is 0.845. The molecule has 60 valence electrons. The Kier molecular flexibility index (Phi) is 3.80. The summed E-state index contributed by atoms with van der Waals surface area (Å²) in [4.78, 5) is 3.93. The van der Waals surface area contributed by atoms with E-state index in [1.165, 1.54) is 5.56 Å². The van der Waals surface area contributed by atoms with Gasteiger partial charge >= 0.3 is 0 Å². The Bertz CT molecular complexity index is 199. The number of aromatic nitrogens is 1. The van der Waals surface area contributed by atoms with Crippen LogP contribution in [0.15, 0.2) is 24.5 Å². The highest BCUT2D eigenvalue weighted by molar-refractivity contribution is 7.99. The molecule has 11 heavy (non-hydrogen) atoms. The number of hydrogen-bond donors (Lipinski definition) is 2. The van der Waals surface area contributed by atoms with Gasteiger partial charge in [0.15, 0.2) is 0 Å². The number of nitrogens with zero attached hydrogens (tertiary/aromatic N) is 1. The molecule has 1 nitrogen and oxygen atoms in total. The minimum atomic E-state index is 0.183. The van der Waals surface area contributed by atoms with E-state index in [1.807, 2.05) is 12.1 Å². The molecular weight excluding hydrogens is 174 g/mol. The topological polar surface area (TPSA) is 12.9 Å². The molecule has 0 aliphatic rings. The molecule has 0 radical (unpaired) electrons. The summed E-state index contributed by atoms with van der Waals surface area (Å²) in [5.41, 5.74) is 1.30. The quantitative estimate of drug-likeness (QED) is 0.544. The predicted molar refractivity (Wildman–Crippen MR) is 54.3 cm³/mol. The Hall–Kier alpha value is -0.150. The molecule has 0 bridgehead atoms. The standard InChI is InChI=1S/C8H11NS2/c10-8(11)2-1-7-3-5-9-6-4-7/h3-6,8,10-11H,1-2H2. The van der Waals surface area contributed by atoms with Gasteiger partial charge in [0, 0.05) is 17.0 Å². The molecule has 0 saturated heterocycles. The van der Waals surface area contributed by atoms with Crippen LogP contribution in [0.25, 0.3) is 0 Å². The third kappa shape index (κ3) is 3.68. The van der Waals surface area contributed by atoms with Gasteiger partial charge in [-0.3, -0.25) is 4.98 Å². The Labute approximate surface area is 78.1 Å². The lowest BCUT2D eigenvalue weighted by molar-refractivity contribution is 0.907. The van der Waals surface area contributed by atoms with Gasteiger partial charge in [0.1, 0.15) is 0 Å². The van der Waals surface area contributed by atoms with Crippen molar-refractivity contribution >= 4 is 25.3 Å². The maximum absolute atomic E-state index is 4.18. The highest BCUT2D eigenvalue weighted by Gasteiger charge is 1.96. The number of hydrogen-bond acceptors (Lipinski definition) is 3. The third-order valence-corrected chi connectivity index (χ3v) is 1.96. The number of aryl methyl sites for hydroxylation is 1. The number of pyridine rings is 1. The van der Waals surface area contributed by atoms with E-state index in [2.05, 4.69) is 30.2 Å². The van der Waals surface area contributed by atoms with Crippen LogP contribution in [-0.4, -0.2) is 9.57 Å². The van der Waals surface area contributed by atoms with Crippen molar-refractivity contribution in [2.75, 3.05) is 0 Å². The van der Waals surface area contributed by atoms with E-state index >= 15 is 0 Å². The maximum Gasteiger partial charge on any atom is 0.0445 e. The summed E-state index contributed by atoms with van der Waals surface area (Å²) in [5.74, 6) is 0. The van der Waals surface area contributed by atoms with Crippen LogP contribution in [-0.2, 0) is 6.42 Å². The van der Waals surface area contributed by atoms with E-state index in [0.717, 1.165) is 12.8 Å². The second-order valence-electron chi connectivity index (χ2n) is 2.37. The Balaban J connectivity index is 2.39. The molecule has 0 aromatic carbocycles. The molecule has 0 unspecified atom stereocenters. The van der Waals surface area contributed by atoms with Crippen molar-refractivity contribution in [3.63, 3.8) is 0 Å². The lowest BCUT2D eigenvalue weighted by atomic mass is 10.2. The van der Waals surface area contributed by atoms with Crippen LogP contribution in [0, 0.1) is 0 Å². The van der Waals surface area contributed by atoms with Gasteiger partial charge in [0.2, 0.25) is 0 Å². The van der Waals surface area contributed by atoms with Crippen molar-refractivity contribution < 1.29 is 0 Å². The van der Waals surface area contributed by atoms with Gasteiger partial charge in [-0.15, -0.1) is 0 Å². The largest absolute Gasteiger partial charge is 0.265 e. The Morgan fingerprint density at radius 2 is 1.91 bits per heavy atom. The second kappa shape index (κ2) is 4.67. The Morgan fingerprint density at radius 1 is 1.27 bits per heavy atom. The minimum absolute atomic E-state index is 0.183. The van der Waals surface area contributed by atoms with E-state index in [-0.39, 0.29) is 4.58 Å². The van der Waals surface area contributed by atoms with Gasteiger partial charge in [-0.1, -0.05) is 0 Å². The van der Waals surface area contributed by atoms with Gasteiger partial charge in [0.25, 0.3) is 0 Å². The normalized spacial score (nSPS) is 10.5. The SMILES string of the molecule is SC(S)CCc1ccncc1. The van der Waals surface area contributed by atoms with Crippen LogP contribution < -0.4 is 0 Å². The van der Waals surface area contributed by atoms with Crippen LogP contribution in [0.1, 0.15) is 12.0 Å². The lowest BCUT2D eigenvalue weighted by Crippen LogP contribution is -1.91. The summed E-state index contributed by atoms with van der Waals surface area (Å²) in [7, 11) is 0. The second-order valence-corrected chi connectivity index (χ2v) is 4.03. The summed E-state index contributed by atoms with van der Waals surface area (Å²) in [6, 6.07) is 4.04. The highest BCUT2D eigenvalue weighted by Crippen LogP contribution is 2.10. The molecule has 3 heteroatoms. The zero-order valence-electron chi connectivity index (χ0n) is 6.14. The first kappa shape index (κ1) is 8.94. The smallest absolute Gasteiger partial charge is 0.0445 e. The minimum Gasteiger partial charge on any atom is -0.265 e. The predicted octanol–water partition coefficient (Wildman–Crippen LogP) is 2.20. The first-order valence-electron chi connectivity index (χ1n) is 3.54. The third-order valence-electron chi connectivity index (χ3n) is 1.44. The van der Waals surface area contributed by atoms with Gasteiger partial charge in [-0.2, -0.15) is 25.3 Å². The van der Waals surface area contributed by atoms with Crippen molar-refractivity contribution in [3.8, 4) is 0 Å². The van der Waals surface area contributed by atoms with Crippen molar-refractivity contribution in [2.24, 2.45) is 0 Å². The van der Waals surface area contributed by atoms with Crippen molar-refractivity contribution in [1.82, 2.24) is 4.98 Å². The summed E-state index contributed by atoms with van der Waals surface area (Å²) in [6.45, 7) is 0. The van der Waals surface area contributed by atoms with Crippen LogP contribution in [0.5, 0.6) is 0 Å². The van der Waals surface area contributed by atoms with Crippen molar-refractivity contribution in [3.05, 3.63) is 30.1 Å². The molecule has 0 fully saturated rings. The number of rotatable bonds is 3. The molecule has 1 aromatic rings. The molecule has 1 heterocycles. The zero-order valence-corrected chi connectivity index (χ0v) is 7.93. The molecule has 0 amide bonds. The molecule has 0 aliphatic carbocycles. The summed E-state index contributed by atoms with van der Waals surface area (Å²) in [5, 5.41) is 0. The van der Waals surface area contributed by atoms with Gasteiger partial charge in [-0.25, -0.2) is 0 Å². The first-order chi connectivity index (χ1) is 5.29. The molecule has 0 N–H and O–H groups in total. The molecule has 0 spiro atoms. The molecule has 1 aromatic heterocycles. The molecule has 0 saturated carbocycles. The van der Waals surface area contributed by atoms with Crippen LogP contribution in [0.2, 0.25) is 0 Å². The number of thiol groups is 2. The summed E-state index contributed by atoms with van der Waals surface area (Å²) < 4.78 is 0.183.